The summed E-state index contributed by atoms with van der Waals surface area (Å²) in [5.41, 5.74) is 6.05. The van der Waals surface area contributed by atoms with Crippen molar-refractivity contribution in [2.24, 2.45) is 11.7 Å². The number of alkyl halides is 3. The van der Waals surface area contributed by atoms with Gasteiger partial charge < -0.3 is 10.5 Å². The molecule has 0 amide bonds. The summed E-state index contributed by atoms with van der Waals surface area (Å²) in [5, 5.41) is 0. The highest BCUT2D eigenvalue weighted by atomic mass is 19.4. The second-order valence-corrected chi connectivity index (χ2v) is 4.67. The molecule has 0 saturated heterocycles. The molecule has 1 unspecified atom stereocenters. The lowest BCUT2D eigenvalue weighted by Crippen LogP contribution is -2.17. The van der Waals surface area contributed by atoms with Crippen molar-refractivity contribution in [3.05, 3.63) is 29.8 Å². The van der Waals surface area contributed by atoms with E-state index in [1.165, 1.54) is 24.3 Å². The second kappa shape index (κ2) is 7.28. The van der Waals surface area contributed by atoms with Crippen molar-refractivity contribution in [1.29, 1.82) is 0 Å². The zero-order chi connectivity index (χ0) is 15.2. The lowest BCUT2D eigenvalue weighted by Gasteiger charge is -2.11. The minimum absolute atomic E-state index is 0.0583. The number of hydrogen-bond donors (Lipinski definition) is 1. The van der Waals surface area contributed by atoms with E-state index < -0.39 is 6.36 Å². The third kappa shape index (κ3) is 6.06. The summed E-state index contributed by atoms with van der Waals surface area (Å²) in [6.07, 6.45) is -2.98. The van der Waals surface area contributed by atoms with Gasteiger partial charge in [-0.1, -0.05) is 19.1 Å². The molecule has 0 bridgehead atoms. The van der Waals surface area contributed by atoms with Crippen molar-refractivity contribution in [2.45, 2.75) is 32.5 Å². The molecule has 0 aromatic heterocycles. The number of benzene rings is 1. The molecule has 1 rings (SSSR count). The molecule has 0 aliphatic carbocycles. The fourth-order valence-corrected chi connectivity index (χ4v) is 1.77. The number of ether oxygens (including phenoxy) is 1. The van der Waals surface area contributed by atoms with Crippen molar-refractivity contribution in [3.63, 3.8) is 0 Å². The molecule has 1 atom stereocenters. The lowest BCUT2D eigenvalue weighted by molar-refractivity contribution is -0.274. The summed E-state index contributed by atoms with van der Waals surface area (Å²) in [7, 11) is 0. The Kier molecular flexibility index (Phi) is 6.01. The van der Waals surface area contributed by atoms with Gasteiger partial charge in [-0.05, 0) is 37.1 Å². The van der Waals surface area contributed by atoms with Gasteiger partial charge in [-0.25, -0.2) is 0 Å². The predicted octanol–water partition coefficient (Wildman–Crippen LogP) is 3.07. The van der Waals surface area contributed by atoms with Crippen LogP contribution in [0.5, 0.6) is 5.75 Å². The minimum Gasteiger partial charge on any atom is -0.406 e. The van der Waals surface area contributed by atoms with Gasteiger partial charge >= 0.3 is 6.36 Å². The zero-order valence-electron chi connectivity index (χ0n) is 11.2. The molecule has 20 heavy (non-hydrogen) atoms. The molecule has 112 valence electrons. The molecular formula is C14H18F3NO2. The van der Waals surface area contributed by atoms with E-state index in [4.69, 9.17) is 5.73 Å². The molecule has 3 nitrogen and oxygen atoms in total. The molecule has 0 aliphatic heterocycles. The van der Waals surface area contributed by atoms with E-state index in [9.17, 15) is 18.0 Å². The van der Waals surface area contributed by atoms with E-state index in [1.807, 2.05) is 6.92 Å². The maximum Gasteiger partial charge on any atom is 0.573 e. The molecule has 2 N–H and O–H groups in total. The number of halogens is 3. The van der Waals surface area contributed by atoms with Gasteiger partial charge in [0.25, 0.3) is 0 Å². The van der Waals surface area contributed by atoms with Crippen LogP contribution < -0.4 is 10.5 Å². The highest BCUT2D eigenvalue weighted by Gasteiger charge is 2.30. The quantitative estimate of drug-likeness (QED) is 0.839. The monoisotopic (exact) mass is 289 g/mol. The number of Topliss-reactive ketones (excluding diaryl/α,β-unsaturated/α-hetero) is 1. The lowest BCUT2D eigenvalue weighted by atomic mass is 9.95. The Morgan fingerprint density at radius 2 is 1.90 bits per heavy atom. The van der Waals surface area contributed by atoms with Crippen LogP contribution >= 0.6 is 0 Å². The predicted molar refractivity (Wildman–Crippen MR) is 69.3 cm³/mol. The molecule has 1 aromatic carbocycles. The van der Waals surface area contributed by atoms with Crippen LogP contribution in [0.3, 0.4) is 0 Å². The molecule has 0 radical (unpaired) electrons. The molecule has 0 aliphatic rings. The van der Waals surface area contributed by atoms with Crippen molar-refractivity contribution < 1.29 is 22.7 Å². The smallest absolute Gasteiger partial charge is 0.406 e. The van der Waals surface area contributed by atoms with Crippen LogP contribution in [0.1, 0.15) is 25.3 Å². The summed E-state index contributed by atoms with van der Waals surface area (Å²) in [6, 6.07) is 5.35. The maximum atomic E-state index is 12.0. The van der Waals surface area contributed by atoms with E-state index in [2.05, 4.69) is 4.74 Å². The Labute approximate surface area is 115 Å². The van der Waals surface area contributed by atoms with Crippen LogP contribution in [-0.4, -0.2) is 18.7 Å². The summed E-state index contributed by atoms with van der Waals surface area (Å²) in [4.78, 5) is 11.9. The first-order valence-electron chi connectivity index (χ1n) is 6.39. The molecule has 0 saturated carbocycles. The molecule has 6 heteroatoms. The van der Waals surface area contributed by atoms with E-state index in [0.717, 1.165) is 12.8 Å². The SMILES string of the molecule is CC(CCCN)C(=O)Cc1ccc(OC(F)(F)F)cc1. The molecule has 0 spiro atoms. The van der Waals surface area contributed by atoms with Gasteiger partial charge in [-0.15, -0.1) is 13.2 Å². The number of ketones is 1. The molecule has 0 heterocycles. The van der Waals surface area contributed by atoms with Gasteiger partial charge in [0.05, 0.1) is 0 Å². The number of hydrogen-bond acceptors (Lipinski definition) is 3. The van der Waals surface area contributed by atoms with Crippen molar-refractivity contribution >= 4 is 5.78 Å². The van der Waals surface area contributed by atoms with Crippen LogP contribution in [0.15, 0.2) is 24.3 Å². The highest BCUT2D eigenvalue weighted by molar-refractivity contribution is 5.82. The largest absolute Gasteiger partial charge is 0.573 e. The third-order valence-electron chi connectivity index (χ3n) is 2.93. The van der Waals surface area contributed by atoms with Crippen molar-refractivity contribution in [2.75, 3.05) is 6.54 Å². The fourth-order valence-electron chi connectivity index (χ4n) is 1.77. The Morgan fingerprint density at radius 1 is 1.30 bits per heavy atom. The van der Waals surface area contributed by atoms with Gasteiger partial charge in [-0.3, -0.25) is 4.79 Å². The Hall–Kier alpha value is -1.56. The maximum absolute atomic E-state index is 12.0. The van der Waals surface area contributed by atoms with Crippen LogP contribution in [0.2, 0.25) is 0 Å². The summed E-state index contributed by atoms with van der Waals surface area (Å²) >= 11 is 0. The number of nitrogens with two attached hydrogens (primary N) is 1. The van der Waals surface area contributed by atoms with Gasteiger partial charge in [0, 0.05) is 12.3 Å². The van der Waals surface area contributed by atoms with Crippen molar-refractivity contribution in [3.8, 4) is 5.75 Å². The average Bonchev–Trinajstić information content (AvgIpc) is 2.36. The van der Waals surface area contributed by atoms with Crippen LogP contribution in [-0.2, 0) is 11.2 Å². The standard InChI is InChI=1S/C14H18F3NO2/c1-10(3-2-8-18)13(19)9-11-4-6-12(7-5-11)20-14(15,16)17/h4-7,10H,2-3,8-9,18H2,1H3. The summed E-state index contributed by atoms with van der Waals surface area (Å²) < 4.78 is 39.7. The van der Waals surface area contributed by atoms with Crippen LogP contribution in [0, 0.1) is 5.92 Å². The van der Waals surface area contributed by atoms with E-state index in [-0.39, 0.29) is 23.9 Å². The first kappa shape index (κ1) is 16.5. The highest BCUT2D eigenvalue weighted by Crippen LogP contribution is 2.23. The first-order chi connectivity index (χ1) is 9.31. The van der Waals surface area contributed by atoms with Gasteiger partial charge in [0.15, 0.2) is 0 Å². The Bertz CT molecular complexity index is 429. The molecule has 0 fully saturated rings. The summed E-state index contributed by atoms with van der Waals surface area (Å²) in [6.45, 7) is 2.38. The Balaban J connectivity index is 2.55. The average molecular weight is 289 g/mol. The van der Waals surface area contributed by atoms with Crippen LogP contribution in [0.4, 0.5) is 13.2 Å². The topological polar surface area (TPSA) is 52.3 Å². The number of rotatable bonds is 7. The molecule has 1 aromatic rings. The number of carbonyl (C=O) groups is 1. The van der Waals surface area contributed by atoms with Gasteiger partial charge in [-0.2, -0.15) is 0 Å². The third-order valence-corrected chi connectivity index (χ3v) is 2.93. The van der Waals surface area contributed by atoms with Gasteiger partial charge in [0.1, 0.15) is 11.5 Å². The number of carbonyl (C=O) groups excluding carboxylic acids is 1. The first-order valence-corrected chi connectivity index (χ1v) is 6.39. The van der Waals surface area contributed by atoms with Gasteiger partial charge in [0.2, 0.25) is 0 Å². The second-order valence-electron chi connectivity index (χ2n) is 4.67. The Morgan fingerprint density at radius 3 is 2.40 bits per heavy atom. The van der Waals surface area contributed by atoms with Crippen molar-refractivity contribution in [1.82, 2.24) is 0 Å². The molecular weight excluding hydrogens is 271 g/mol. The fraction of sp³-hybridized carbons (Fsp3) is 0.500. The normalized spacial score (nSPS) is 13.1. The minimum atomic E-state index is -4.70. The van der Waals surface area contributed by atoms with E-state index in [1.54, 1.807) is 0 Å². The zero-order valence-corrected chi connectivity index (χ0v) is 11.2. The van der Waals surface area contributed by atoms with Crippen LogP contribution in [0.25, 0.3) is 0 Å². The van der Waals surface area contributed by atoms with E-state index >= 15 is 0 Å². The summed E-state index contributed by atoms with van der Waals surface area (Å²) in [5.74, 6) is -0.322. The van der Waals surface area contributed by atoms with E-state index in [0.29, 0.717) is 12.1 Å².